The molecular formula is C16H18FNS. The summed E-state index contributed by atoms with van der Waals surface area (Å²) in [7, 11) is 0. The zero-order chi connectivity index (χ0) is 13.7. The van der Waals surface area contributed by atoms with Crippen molar-refractivity contribution in [3.8, 4) is 12.3 Å². The van der Waals surface area contributed by atoms with Gasteiger partial charge in [0.15, 0.2) is 0 Å². The van der Waals surface area contributed by atoms with E-state index in [0.717, 1.165) is 35.9 Å². The van der Waals surface area contributed by atoms with Crippen LogP contribution >= 0.6 is 11.3 Å². The minimum atomic E-state index is -0.173. The Bertz CT molecular complexity index is 582. The second-order valence-electron chi connectivity index (χ2n) is 4.54. The fourth-order valence-corrected chi connectivity index (χ4v) is 3.40. The quantitative estimate of drug-likeness (QED) is 0.605. The molecule has 1 aromatic carbocycles. The number of hydrogen-bond donors (Lipinski definition) is 1. The van der Waals surface area contributed by atoms with Gasteiger partial charge in [0.2, 0.25) is 0 Å². The van der Waals surface area contributed by atoms with E-state index in [1.165, 1.54) is 10.9 Å². The molecule has 100 valence electrons. The summed E-state index contributed by atoms with van der Waals surface area (Å²) < 4.78 is 14.2. The lowest BCUT2D eigenvalue weighted by atomic mass is 10.1. The van der Waals surface area contributed by atoms with Crippen molar-refractivity contribution in [2.45, 2.75) is 32.2 Å². The summed E-state index contributed by atoms with van der Waals surface area (Å²) in [6.45, 7) is 3.02. The van der Waals surface area contributed by atoms with Gasteiger partial charge in [0.25, 0.3) is 0 Å². The van der Waals surface area contributed by atoms with Gasteiger partial charge in [-0.25, -0.2) is 4.39 Å². The smallest absolute Gasteiger partial charge is 0.124 e. The fourth-order valence-electron chi connectivity index (χ4n) is 2.20. The van der Waals surface area contributed by atoms with Crippen LogP contribution < -0.4 is 5.32 Å². The predicted octanol–water partition coefficient (Wildman–Crippen LogP) is 4.49. The van der Waals surface area contributed by atoms with E-state index >= 15 is 0 Å². The van der Waals surface area contributed by atoms with Crippen LogP contribution in [0.15, 0.2) is 24.3 Å². The van der Waals surface area contributed by atoms with Gasteiger partial charge in [0.1, 0.15) is 5.82 Å². The molecule has 1 aromatic heterocycles. The third-order valence-electron chi connectivity index (χ3n) is 3.11. The molecule has 0 saturated heterocycles. The van der Waals surface area contributed by atoms with Crippen molar-refractivity contribution >= 4 is 21.4 Å². The van der Waals surface area contributed by atoms with Gasteiger partial charge in [0, 0.05) is 22.0 Å². The normalized spacial score (nSPS) is 12.5. The second kappa shape index (κ2) is 6.70. The first-order chi connectivity index (χ1) is 9.24. The van der Waals surface area contributed by atoms with Gasteiger partial charge in [-0.2, -0.15) is 0 Å². The van der Waals surface area contributed by atoms with E-state index < -0.39 is 0 Å². The summed E-state index contributed by atoms with van der Waals surface area (Å²) >= 11 is 1.66. The SMILES string of the molecule is C#CCCCC(NCC)c1cc2ccc(F)cc2s1. The largest absolute Gasteiger partial charge is 0.310 e. The Morgan fingerprint density at radius 3 is 3.00 bits per heavy atom. The number of benzene rings is 1. The molecule has 1 unspecified atom stereocenters. The molecule has 0 aliphatic carbocycles. The Labute approximate surface area is 117 Å². The summed E-state index contributed by atoms with van der Waals surface area (Å²) in [5.74, 6) is 2.50. The van der Waals surface area contributed by atoms with E-state index in [1.54, 1.807) is 17.4 Å². The maximum absolute atomic E-state index is 13.2. The molecule has 19 heavy (non-hydrogen) atoms. The van der Waals surface area contributed by atoms with Gasteiger partial charge < -0.3 is 5.32 Å². The molecule has 1 nitrogen and oxygen atoms in total. The molecule has 0 saturated carbocycles. The molecule has 2 aromatic rings. The van der Waals surface area contributed by atoms with Crippen molar-refractivity contribution in [1.29, 1.82) is 0 Å². The van der Waals surface area contributed by atoms with Crippen molar-refractivity contribution < 1.29 is 4.39 Å². The second-order valence-corrected chi connectivity index (χ2v) is 5.65. The van der Waals surface area contributed by atoms with E-state index in [4.69, 9.17) is 6.42 Å². The molecule has 0 aliphatic rings. The van der Waals surface area contributed by atoms with E-state index in [9.17, 15) is 4.39 Å². The summed E-state index contributed by atoms with van der Waals surface area (Å²) in [6, 6.07) is 7.43. The minimum Gasteiger partial charge on any atom is -0.310 e. The van der Waals surface area contributed by atoms with Gasteiger partial charge >= 0.3 is 0 Å². The molecule has 0 radical (unpaired) electrons. The van der Waals surface area contributed by atoms with Gasteiger partial charge in [-0.1, -0.05) is 13.0 Å². The van der Waals surface area contributed by atoms with E-state index in [-0.39, 0.29) is 5.82 Å². The number of terminal acetylenes is 1. The molecule has 1 N–H and O–H groups in total. The average Bonchev–Trinajstić information content (AvgIpc) is 2.80. The highest BCUT2D eigenvalue weighted by Gasteiger charge is 2.13. The average molecular weight is 275 g/mol. The first-order valence-corrected chi connectivity index (χ1v) is 7.42. The summed E-state index contributed by atoms with van der Waals surface area (Å²) in [6.07, 6.45) is 8.13. The van der Waals surface area contributed by atoms with Crippen molar-refractivity contribution in [2.75, 3.05) is 6.54 Å². The Hall–Kier alpha value is -1.37. The molecule has 3 heteroatoms. The summed E-state index contributed by atoms with van der Waals surface area (Å²) in [5, 5.41) is 4.59. The van der Waals surface area contributed by atoms with Crippen LogP contribution in [0.1, 0.15) is 37.1 Å². The van der Waals surface area contributed by atoms with E-state index in [2.05, 4.69) is 24.2 Å². The number of nitrogens with one attached hydrogen (secondary N) is 1. The van der Waals surface area contributed by atoms with Gasteiger partial charge in [0.05, 0.1) is 0 Å². The summed E-state index contributed by atoms with van der Waals surface area (Å²) in [4.78, 5) is 1.26. The molecule has 2 rings (SSSR count). The van der Waals surface area contributed by atoms with Crippen LogP contribution in [-0.4, -0.2) is 6.54 Å². The molecule has 1 atom stereocenters. The first kappa shape index (κ1) is 14.0. The van der Waals surface area contributed by atoms with Gasteiger partial charge in [-0.3, -0.25) is 0 Å². The zero-order valence-electron chi connectivity index (χ0n) is 11.1. The monoisotopic (exact) mass is 275 g/mol. The van der Waals surface area contributed by atoms with Crippen LogP contribution in [0.4, 0.5) is 4.39 Å². The number of unbranched alkanes of at least 4 members (excludes halogenated alkanes) is 1. The van der Waals surface area contributed by atoms with Crippen LogP contribution in [0.25, 0.3) is 10.1 Å². The zero-order valence-corrected chi connectivity index (χ0v) is 11.9. The van der Waals surface area contributed by atoms with Crippen molar-refractivity contribution in [2.24, 2.45) is 0 Å². The highest BCUT2D eigenvalue weighted by atomic mass is 32.1. The maximum Gasteiger partial charge on any atom is 0.124 e. The topological polar surface area (TPSA) is 12.0 Å². The molecule has 0 amide bonds. The number of rotatable bonds is 6. The molecular weight excluding hydrogens is 257 g/mol. The van der Waals surface area contributed by atoms with Gasteiger partial charge in [-0.15, -0.1) is 23.7 Å². The number of fused-ring (bicyclic) bond motifs is 1. The number of halogens is 1. The number of hydrogen-bond acceptors (Lipinski definition) is 2. The first-order valence-electron chi connectivity index (χ1n) is 6.60. The molecule has 0 fully saturated rings. The van der Waals surface area contributed by atoms with Gasteiger partial charge in [-0.05, 0) is 43.0 Å². The van der Waals surface area contributed by atoms with Crippen molar-refractivity contribution in [3.05, 3.63) is 35.0 Å². The van der Waals surface area contributed by atoms with Crippen LogP contribution in [-0.2, 0) is 0 Å². The van der Waals surface area contributed by atoms with Crippen molar-refractivity contribution in [1.82, 2.24) is 5.32 Å². The Morgan fingerprint density at radius 2 is 2.26 bits per heavy atom. The van der Waals surface area contributed by atoms with E-state index in [1.807, 2.05) is 6.07 Å². The summed E-state index contributed by atoms with van der Waals surface area (Å²) in [5.41, 5.74) is 0. The fraction of sp³-hybridized carbons (Fsp3) is 0.375. The standard InChI is InChI=1S/C16H18FNS/c1-3-5-6-7-14(18-4-2)16-10-12-8-9-13(17)11-15(12)19-16/h1,8-11,14,18H,4-7H2,2H3. The Kier molecular flexibility index (Phi) is 4.95. The molecule has 0 bridgehead atoms. The third kappa shape index (κ3) is 3.56. The Balaban J connectivity index is 2.20. The Morgan fingerprint density at radius 1 is 1.42 bits per heavy atom. The minimum absolute atomic E-state index is 0.173. The lowest BCUT2D eigenvalue weighted by Crippen LogP contribution is -2.19. The molecule has 0 spiro atoms. The maximum atomic E-state index is 13.2. The highest BCUT2D eigenvalue weighted by molar-refractivity contribution is 7.19. The van der Waals surface area contributed by atoms with Crippen LogP contribution in [0.5, 0.6) is 0 Å². The molecule has 0 aliphatic heterocycles. The third-order valence-corrected chi connectivity index (χ3v) is 4.32. The van der Waals surface area contributed by atoms with E-state index in [0.29, 0.717) is 6.04 Å². The van der Waals surface area contributed by atoms with Crippen LogP contribution in [0, 0.1) is 18.2 Å². The van der Waals surface area contributed by atoms with Crippen molar-refractivity contribution in [3.63, 3.8) is 0 Å². The van der Waals surface area contributed by atoms with Crippen LogP contribution in [0.2, 0.25) is 0 Å². The lowest BCUT2D eigenvalue weighted by molar-refractivity contribution is 0.509. The lowest BCUT2D eigenvalue weighted by Gasteiger charge is -2.15. The van der Waals surface area contributed by atoms with Crippen LogP contribution in [0.3, 0.4) is 0 Å². The number of thiophene rings is 1. The predicted molar refractivity (Wildman–Crippen MR) is 80.9 cm³/mol. The molecule has 1 heterocycles. The highest BCUT2D eigenvalue weighted by Crippen LogP contribution is 2.32.